The van der Waals surface area contributed by atoms with Crippen molar-refractivity contribution >= 4 is 11.9 Å². The summed E-state index contributed by atoms with van der Waals surface area (Å²) < 4.78 is 12.2. The van der Waals surface area contributed by atoms with Gasteiger partial charge in [-0.3, -0.25) is 4.79 Å². The zero-order valence-electron chi connectivity index (χ0n) is 15.1. The second kappa shape index (κ2) is 8.89. The molecule has 1 aromatic carbocycles. The van der Waals surface area contributed by atoms with Crippen LogP contribution in [0.5, 0.6) is 11.6 Å². The van der Waals surface area contributed by atoms with Crippen LogP contribution in [-0.2, 0) is 18.4 Å². The Labute approximate surface area is 151 Å². The van der Waals surface area contributed by atoms with Crippen molar-refractivity contribution in [3.63, 3.8) is 0 Å². The van der Waals surface area contributed by atoms with Crippen LogP contribution in [-0.4, -0.2) is 39.9 Å². The minimum atomic E-state index is -1.06. The molecule has 0 bridgehead atoms. The molecule has 26 heavy (non-hydrogen) atoms. The summed E-state index contributed by atoms with van der Waals surface area (Å²) in [5.74, 6) is -0.436. The standard InChI is InChI=1S/C18H23N3O5/c1-4-5-14(18(23)24)19-17(22)15-10-16(21(2)20-15)26-11-12-6-8-13(25-3)9-7-12/h6-10,14H,4-5,11H2,1-3H3,(H,19,22)(H,23,24). The van der Waals surface area contributed by atoms with Gasteiger partial charge in [-0.15, -0.1) is 0 Å². The second-order valence-electron chi connectivity index (χ2n) is 5.78. The lowest BCUT2D eigenvalue weighted by Gasteiger charge is -2.11. The first-order valence-corrected chi connectivity index (χ1v) is 8.28. The molecule has 1 atom stereocenters. The molecule has 0 fully saturated rings. The summed E-state index contributed by atoms with van der Waals surface area (Å²) in [6, 6.07) is 7.99. The number of carbonyl (C=O) groups excluding carboxylic acids is 1. The molecular weight excluding hydrogens is 338 g/mol. The minimum Gasteiger partial charge on any atom is -0.497 e. The van der Waals surface area contributed by atoms with E-state index in [2.05, 4.69) is 10.4 Å². The molecule has 0 saturated carbocycles. The SMILES string of the molecule is CCCC(NC(=O)c1cc(OCc2ccc(OC)cc2)n(C)n1)C(=O)O. The van der Waals surface area contributed by atoms with Crippen LogP contribution in [0.4, 0.5) is 0 Å². The number of hydrogen-bond donors (Lipinski definition) is 2. The molecular formula is C18H23N3O5. The number of aliphatic carboxylic acids is 1. The van der Waals surface area contributed by atoms with Crippen LogP contribution in [0, 0.1) is 0 Å². The van der Waals surface area contributed by atoms with Gasteiger partial charge >= 0.3 is 5.97 Å². The van der Waals surface area contributed by atoms with Crippen LogP contribution in [0.3, 0.4) is 0 Å². The molecule has 8 nitrogen and oxygen atoms in total. The highest BCUT2D eigenvalue weighted by atomic mass is 16.5. The molecule has 2 rings (SSSR count). The van der Waals surface area contributed by atoms with Gasteiger partial charge in [-0.05, 0) is 24.1 Å². The molecule has 140 valence electrons. The quantitative estimate of drug-likeness (QED) is 0.708. The van der Waals surface area contributed by atoms with Gasteiger partial charge < -0.3 is 19.9 Å². The van der Waals surface area contributed by atoms with E-state index in [1.807, 2.05) is 31.2 Å². The molecule has 0 radical (unpaired) electrons. The highest BCUT2D eigenvalue weighted by Gasteiger charge is 2.22. The zero-order valence-corrected chi connectivity index (χ0v) is 15.1. The van der Waals surface area contributed by atoms with Crippen LogP contribution in [0.2, 0.25) is 0 Å². The topological polar surface area (TPSA) is 103 Å². The number of nitrogens with one attached hydrogen (secondary N) is 1. The Morgan fingerprint density at radius 1 is 1.31 bits per heavy atom. The highest BCUT2D eigenvalue weighted by Crippen LogP contribution is 2.16. The number of rotatable bonds is 9. The average molecular weight is 361 g/mol. The molecule has 0 aliphatic heterocycles. The lowest BCUT2D eigenvalue weighted by Crippen LogP contribution is -2.40. The molecule has 0 saturated heterocycles. The molecule has 1 aromatic heterocycles. The summed E-state index contributed by atoms with van der Waals surface area (Å²) in [5.41, 5.74) is 1.05. The number of nitrogens with zero attached hydrogens (tertiary/aromatic N) is 2. The number of aryl methyl sites for hydroxylation is 1. The summed E-state index contributed by atoms with van der Waals surface area (Å²) in [6.07, 6.45) is 1.00. The molecule has 1 unspecified atom stereocenters. The number of benzene rings is 1. The smallest absolute Gasteiger partial charge is 0.326 e. The number of carboxylic acid groups (broad SMARTS) is 1. The number of aromatic nitrogens is 2. The van der Waals surface area contributed by atoms with Crippen LogP contribution in [0.15, 0.2) is 30.3 Å². The Hall–Kier alpha value is -3.03. The number of hydrogen-bond acceptors (Lipinski definition) is 5. The van der Waals surface area contributed by atoms with Gasteiger partial charge in [-0.1, -0.05) is 25.5 Å². The number of amides is 1. The Balaban J connectivity index is 2.00. The van der Waals surface area contributed by atoms with E-state index in [0.29, 0.717) is 25.3 Å². The Morgan fingerprint density at radius 3 is 2.58 bits per heavy atom. The van der Waals surface area contributed by atoms with E-state index >= 15 is 0 Å². The van der Waals surface area contributed by atoms with Crippen LogP contribution >= 0.6 is 0 Å². The molecule has 8 heteroatoms. The fourth-order valence-corrected chi connectivity index (χ4v) is 2.35. The fraction of sp³-hybridized carbons (Fsp3) is 0.389. The van der Waals surface area contributed by atoms with Gasteiger partial charge in [-0.2, -0.15) is 5.10 Å². The number of carboxylic acids is 1. The van der Waals surface area contributed by atoms with Crippen LogP contribution in [0.1, 0.15) is 35.8 Å². The maximum atomic E-state index is 12.2. The minimum absolute atomic E-state index is 0.111. The van der Waals surface area contributed by atoms with Gasteiger partial charge in [0.15, 0.2) is 5.69 Å². The van der Waals surface area contributed by atoms with Crippen molar-refractivity contribution in [2.75, 3.05) is 7.11 Å². The second-order valence-corrected chi connectivity index (χ2v) is 5.78. The summed E-state index contributed by atoms with van der Waals surface area (Å²) in [4.78, 5) is 23.4. The first kappa shape index (κ1) is 19.3. The third-order valence-electron chi connectivity index (χ3n) is 3.80. The van der Waals surface area contributed by atoms with Gasteiger partial charge in [0.1, 0.15) is 18.4 Å². The molecule has 2 aromatic rings. The maximum absolute atomic E-state index is 12.2. The van der Waals surface area contributed by atoms with Gasteiger partial charge in [0, 0.05) is 13.1 Å². The van der Waals surface area contributed by atoms with Crippen LogP contribution < -0.4 is 14.8 Å². The van der Waals surface area contributed by atoms with Crippen molar-refractivity contribution in [1.82, 2.24) is 15.1 Å². The Morgan fingerprint density at radius 2 is 2.00 bits per heavy atom. The summed E-state index contributed by atoms with van der Waals surface area (Å²) in [6.45, 7) is 2.16. The van der Waals surface area contributed by atoms with Crippen molar-refractivity contribution in [2.24, 2.45) is 7.05 Å². The molecule has 1 heterocycles. The van der Waals surface area contributed by atoms with Crippen LogP contribution in [0.25, 0.3) is 0 Å². The zero-order chi connectivity index (χ0) is 19.1. The van der Waals surface area contributed by atoms with E-state index < -0.39 is 17.9 Å². The van der Waals surface area contributed by atoms with E-state index in [1.54, 1.807) is 14.2 Å². The third-order valence-corrected chi connectivity index (χ3v) is 3.80. The summed E-state index contributed by atoms with van der Waals surface area (Å²) >= 11 is 0. The van der Waals surface area contributed by atoms with E-state index in [0.717, 1.165) is 11.3 Å². The van der Waals surface area contributed by atoms with E-state index in [1.165, 1.54) is 10.7 Å². The lowest BCUT2D eigenvalue weighted by atomic mass is 10.1. The summed E-state index contributed by atoms with van der Waals surface area (Å²) in [5, 5.41) is 15.7. The Bertz CT molecular complexity index is 755. The largest absolute Gasteiger partial charge is 0.497 e. The Kier molecular flexibility index (Phi) is 6.60. The molecule has 0 aliphatic carbocycles. The van der Waals surface area contributed by atoms with E-state index in [9.17, 15) is 9.59 Å². The van der Waals surface area contributed by atoms with Gasteiger partial charge in [0.05, 0.1) is 7.11 Å². The van der Waals surface area contributed by atoms with Crippen molar-refractivity contribution in [2.45, 2.75) is 32.4 Å². The van der Waals surface area contributed by atoms with Gasteiger partial charge in [0.25, 0.3) is 5.91 Å². The third kappa shape index (κ3) is 4.98. The van der Waals surface area contributed by atoms with E-state index in [4.69, 9.17) is 14.6 Å². The molecule has 1 amide bonds. The molecule has 2 N–H and O–H groups in total. The van der Waals surface area contributed by atoms with Crippen molar-refractivity contribution in [3.05, 3.63) is 41.6 Å². The van der Waals surface area contributed by atoms with E-state index in [-0.39, 0.29) is 5.69 Å². The van der Waals surface area contributed by atoms with Gasteiger partial charge in [0.2, 0.25) is 5.88 Å². The number of carbonyl (C=O) groups is 2. The number of methoxy groups -OCH3 is 1. The van der Waals surface area contributed by atoms with Crippen molar-refractivity contribution < 1.29 is 24.2 Å². The monoisotopic (exact) mass is 361 g/mol. The predicted molar refractivity (Wildman–Crippen MR) is 94.3 cm³/mol. The molecule has 0 aliphatic rings. The summed E-state index contributed by atoms with van der Waals surface area (Å²) in [7, 11) is 3.25. The maximum Gasteiger partial charge on any atom is 0.326 e. The predicted octanol–water partition coefficient (Wildman–Crippen LogP) is 1.99. The first-order valence-electron chi connectivity index (χ1n) is 8.28. The van der Waals surface area contributed by atoms with Gasteiger partial charge in [-0.25, -0.2) is 9.48 Å². The normalized spacial score (nSPS) is 11.7. The highest BCUT2D eigenvalue weighted by molar-refractivity contribution is 5.95. The van der Waals surface area contributed by atoms with Crippen molar-refractivity contribution in [1.29, 1.82) is 0 Å². The number of ether oxygens (including phenoxy) is 2. The van der Waals surface area contributed by atoms with Crippen molar-refractivity contribution in [3.8, 4) is 11.6 Å². The average Bonchev–Trinajstić information content (AvgIpc) is 3.00. The first-order chi connectivity index (χ1) is 12.4. The lowest BCUT2D eigenvalue weighted by molar-refractivity contribution is -0.139. The molecule has 0 spiro atoms. The fourth-order valence-electron chi connectivity index (χ4n) is 2.35.